The van der Waals surface area contributed by atoms with Crippen molar-refractivity contribution in [2.45, 2.75) is 0 Å². The monoisotopic (exact) mass is 336 g/mol. The number of amides is 2. The predicted molar refractivity (Wildman–Crippen MR) is 88.9 cm³/mol. The molecule has 0 spiro atoms. The number of rotatable bonds is 4. The summed E-state index contributed by atoms with van der Waals surface area (Å²) in [4.78, 5) is 24.0. The first-order valence-corrected chi connectivity index (χ1v) is 7.28. The Morgan fingerprint density at radius 1 is 1.20 bits per heavy atom. The maximum absolute atomic E-state index is 12.6. The standard InChI is InChI=1S/C16H12N6O3/c17-15(23)14-10-5-9(1-2-12(10)20-22-14)19-16(24)11-6-18-21-13(11)8-3-4-25-7-8/h1-7H,(H2,17,23)(H,18,21)(H,19,24)(H,20,22). The second-order valence-electron chi connectivity index (χ2n) is 5.32. The van der Waals surface area contributed by atoms with Gasteiger partial charge < -0.3 is 15.5 Å². The average molecular weight is 336 g/mol. The Hall–Kier alpha value is -3.88. The first-order chi connectivity index (χ1) is 12.1. The Morgan fingerprint density at radius 3 is 2.84 bits per heavy atom. The van der Waals surface area contributed by atoms with Crippen LogP contribution in [0.15, 0.2) is 47.4 Å². The van der Waals surface area contributed by atoms with Crippen LogP contribution in [0.4, 0.5) is 5.69 Å². The van der Waals surface area contributed by atoms with Crippen LogP contribution in [0.5, 0.6) is 0 Å². The lowest BCUT2D eigenvalue weighted by Crippen LogP contribution is -2.13. The van der Waals surface area contributed by atoms with Gasteiger partial charge in [-0.2, -0.15) is 10.2 Å². The van der Waals surface area contributed by atoms with Gasteiger partial charge in [0.15, 0.2) is 5.69 Å². The Kier molecular flexibility index (Phi) is 3.31. The number of furan rings is 1. The van der Waals surface area contributed by atoms with Crippen LogP contribution in [0.25, 0.3) is 22.2 Å². The molecule has 124 valence electrons. The van der Waals surface area contributed by atoms with E-state index >= 15 is 0 Å². The molecule has 0 atom stereocenters. The number of primary amides is 1. The molecule has 4 rings (SSSR count). The molecule has 5 N–H and O–H groups in total. The number of nitrogens with zero attached hydrogens (tertiary/aromatic N) is 2. The zero-order valence-electron chi connectivity index (χ0n) is 12.7. The molecule has 0 aliphatic rings. The van der Waals surface area contributed by atoms with E-state index in [0.29, 0.717) is 33.4 Å². The number of carbonyl (C=O) groups is 2. The molecule has 0 aliphatic heterocycles. The van der Waals surface area contributed by atoms with Crippen molar-refractivity contribution in [3.05, 3.63) is 54.2 Å². The summed E-state index contributed by atoms with van der Waals surface area (Å²) in [5, 5.41) is 16.6. The second-order valence-corrected chi connectivity index (χ2v) is 5.32. The summed E-state index contributed by atoms with van der Waals surface area (Å²) in [6.45, 7) is 0. The minimum Gasteiger partial charge on any atom is -0.472 e. The van der Waals surface area contributed by atoms with Gasteiger partial charge >= 0.3 is 0 Å². The van der Waals surface area contributed by atoms with Gasteiger partial charge in [-0.3, -0.25) is 19.8 Å². The van der Waals surface area contributed by atoms with E-state index < -0.39 is 5.91 Å². The SMILES string of the molecule is NC(=O)c1n[nH]c2ccc(NC(=O)c3cn[nH]c3-c3ccoc3)cc12. The van der Waals surface area contributed by atoms with Gasteiger partial charge in [-0.15, -0.1) is 0 Å². The van der Waals surface area contributed by atoms with Crippen molar-refractivity contribution in [3.8, 4) is 11.3 Å². The third kappa shape index (κ3) is 2.53. The third-order valence-corrected chi connectivity index (χ3v) is 3.75. The van der Waals surface area contributed by atoms with Crippen molar-refractivity contribution in [2.24, 2.45) is 5.73 Å². The molecular formula is C16H12N6O3. The predicted octanol–water partition coefficient (Wildman–Crippen LogP) is 1.90. The molecule has 1 aromatic carbocycles. The lowest BCUT2D eigenvalue weighted by Gasteiger charge is -2.05. The van der Waals surface area contributed by atoms with E-state index in [1.165, 1.54) is 18.7 Å². The zero-order chi connectivity index (χ0) is 17.4. The van der Waals surface area contributed by atoms with E-state index in [1.807, 2.05) is 0 Å². The number of carbonyl (C=O) groups excluding carboxylic acids is 2. The molecule has 0 saturated heterocycles. The summed E-state index contributed by atoms with van der Waals surface area (Å²) in [5.41, 5.74) is 8.19. The van der Waals surface area contributed by atoms with Crippen LogP contribution in [0.2, 0.25) is 0 Å². The Labute approximate surface area is 140 Å². The maximum atomic E-state index is 12.6. The van der Waals surface area contributed by atoms with Crippen molar-refractivity contribution < 1.29 is 14.0 Å². The molecule has 2 amide bonds. The molecule has 0 saturated carbocycles. The Balaban J connectivity index is 1.66. The van der Waals surface area contributed by atoms with Crippen molar-refractivity contribution >= 4 is 28.4 Å². The van der Waals surface area contributed by atoms with Gasteiger partial charge in [-0.05, 0) is 24.3 Å². The minimum absolute atomic E-state index is 0.119. The van der Waals surface area contributed by atoms with Crippen LogP contribution in [0.3, 0.4) is 0 Å². The van der Waals surface area contributed by atoms with Gasteiger partial charge in [-0.25, -0.2) is 0 Å². The number of hydrogen-bond donors (Lipinski definition) is 4. The van der Waals surface area contributed by atoms with Crippen LogP contribution < -0.4 is 11.1 Å². The van der Waals surface area contributed by atoms with Gasteiger partial charge in [-0.1, -0.05) is 0 Å². The van der Waals surface area contributed by atoms with Gasteiger partial charge in [0.1, 0.15) is 0 Å². The highest BCUT2D eigenvalue weighted by molar-refractivity contribution is 6.10. The van der Waals surface area contributed by atoms with Gasteiger partial charge in [0.2, 0.25) is 0 Å². The number of H-pyrrole nitrogens is 2. The number of anilines is 1. The van der Waals surface area contributed by atoms with E-state index in [4.69, 9.17) is 10.2 Å². The average Bonchev–Trinajstić information content (AvgIpc) is 3.33. The van der Waals surface area contributed by atoms with Crippen molar-refractivity contribution in [2.75, 3.05) is 5.32 Å². The number of hydrogen-bond acceptors (Lipinski definition) is 5. The molecule has 0 radical (unpaired) electrons. The normalized spacial score (nSPS) is 10.9. The summed E-state index contributed by atoms with van der Waals surface area (Å²) in [6, 6.07) is 6.76. The van der Waals surface area contributed by atoms with Crippen molar-refractivity contribution in [1.29, 1.82) is 0 Å². The molecule has 4 aromatic rings. The summed E-state index contributed by atoms with van der Waals surface area (Å²) in [7, 11) is 0. The highest BCUT2D eigenvalue weighted by atomic mass is 16.3. The van der Waals surface area contributed by atoms with Crippen LogP contribution in [-0.2, 0) is 0 Å². The number of aromatic amines is 2. The van der Waals surface area contributed by atoms with E-state index in [0.717, 1.165) is 0 Å². The molecule has 25 heavy (non-hydrogen) atoms. The lowest BCUT2D eigenvalue weighted by molar-refractivity contribution is 0.0995. The molecule has 3 aromatic heterocycles. The van der Waals surface area contributed by atoms with Crippen molar-refractivity contribution in [3.63, 3.8) is 0 Å². The van der Waals surface area contributed by atoms with Gasteiger partial charge in [0, 0.05) is 16.6 Å². The molecular weight excluding hydrogens is 324 g/mol. The fourth-order valence-electron chi connectivity index (χ4n) is 2.56. The van der Waals surface area contributed by atoms with Crippen LogP contribution >= 0.6 is 0 Å². The largest absolute Gasteiger partial charge is 0.472 e. The summed E-state index contributed by atoms with van der Waals surface area (Å²) in [6.07, 6.45) is 4.46. The molecule has 3 heterocycles. The fourth-order valence-corrected chi connectivity index (χ4v) is 2.56. The summed E-state index contributed by atoms with van der Waals surface area (Å²) < 4.78 is 5.03. The molecule has 9 nitrogen and oxygen atoms in total. The third-order valence-electron chi connectivity index (χ3n) is 3.75. The number of nitrogens with one attached hydrogen (secondary N) is 3. The van der Waals surface area contributed by atoms with E-state index in [9.17, 15) is 9.59 Å². The van der Waals surface area contributed by atoms with Gasteiger partial charge in [0.05, 0.1) is 35.5 Å². The highest BCUT2D eigenvalue weighted by Gasteiger charge is 2.17. The number of benzene rings is 1. The number of nitrogens with two attached hydrogens (primary N) is 1. The van der Waals surface area contributed by atoms with E-state index in [1.54, 1.807) is 24.3 Å². The summed E-state index contributed by atoms with van der Waals surface area (Å²) in [5.74, 6) is -1.000. The number of fused-ring (bicyclic) bond motifs is 1. The number of aromatic nitrogens is 4. The van der Waals surface area contributed by atoms with E-state index in [-0.39, 0.29) is 11.6 Å². The summed E-state index contributed by atoms with van der Waals surface area (Å²) >= 11 is 0. The molecule has 9 heteroatoms. The zero-order valence-corrected chi connectivity index (χ0v) is 12.7. The van der Waals surface area contributed by atoms with Crippen molar-refractivity contribution in [1.82, 2.24) is 20.4 Å². The van der Waals surface area contributed by atoms with E-state index in [2.05, 4.69) is 25.7 Å². The molecule has 0 bridgehead atoms. The second kappa shape index (κ2) is 5.64. The lowest BCUT2D eigenvalue weighted by atomic mass is 10.1. The van der Waals surface area contributed by atoms with Crippen LogP contribution in [0.1, 0.15) is 20.8 Å². The first-order valence-electron chi connectivity index (χ1n) is 7.28. The highest BCUT2D eigenvalue weighted by Crippen LogP contribution is 2.24. The Morgan fingerprint density at radius 2 is 2.08 bits per heavy atom. The molecule has 0 unspecified atom stereocenters. The molecule has 0 fully saturated rings. The molecule has 0 aliphatic carbocycles. The van der Waals surface area contributed by atoms with Gasteiger partial charge in [0.25, 0.3) is 11.8 Å². The quantitative estimate of drug-likeness (QED) is 0.450. The maximum Gasteiger partial charge on any atom is 0.269 e. The minimum atomic E-state index is -0.646. The smallest absolute Gasteiger partial charge is 0.269 e. The first kappa shape index (κ1) is 14.7. The van der Waals surface area contributed by atoms with Crippen LogP contribution in [0, 0.1) is 0 Å². The topological polar surface area (TPSA) is 143 Å². The Bertz CT molecular complexity index is 1080. The fraction of sp³-hybridized carbons (Fsp3) is 0. The van der Waals surface area contributed by atoms with Crippen LogP contribution in [-0.4, -0.2) is 32.2 Å².